The van der Waals surface area contributed by atoms with Gasteiger partial charge in [0.15, 0.2) is 17.0 Å². The first kappa shape index (κ1) is 10.8. The lowest BCUT2D eigenvalue weighted by Gasteiger charge is -2.16. The molecule has 8 heteroatoms. The van der Waals surface area contributed by atoms with Crippen molar-refractivity contribution in [3.8, 4) is 0 Å². The highest BCUT2D eigenvalue weighted by atomic mass is 35.5. The van der Waals surface area contributed by atoms with Crippen LogP contribution in [0, 0.1) is 0 Å². The Hall–Kier alpha value is -1.28. The first-order valence-corrected chi connectivity index (χ1v) is 5.37. The van der Waals surface area contributed by atoms with E-state index in [-0.39, 0.29) is 11.8 Å². The molecule has 0 radical (unpaired) electrons. The number of nitrogens with zero attached hydrogens (tertiary/aromatic N) is 4. The molecule has 1 fully saturated rings. The number of aliphatic hydroxyl groups is 2. The van der Waals surface area contributed by atoms with Crippen LogP contribution >= 0.6 is 11.6 Å². The summed E-state index contributed by atoms with van der Waals surface area (Å²) in [6, 6.07) is 0. The van der Waals surface area contributed by atoms with Crippen molar-refractivity contribution in [2.75, 3.05) is 6.61 Å². The van der Waals surface area contributed by atoms with Crippen LogP contribution in [0.1, 0.15) is 6.23 Å². The summed E-state index contributed by atoms with van der Waals surface area (Å²) in [5, 5.41) is 19.4. The standard InChI is InChI=1S/C9H9ClN4O3/c10-7-5-8(12-2-11-7)14(3-13-5)9-6(16)4(15)1-17-9/h2-4,6,9,15-16H,1H2/t4-,6-,9-/m1/s1. The molecule has 1 saturated heterocycles. The Morgan fingerprint density at radius 1 is 1.35 bits per heavy atom. The molecule has 0 aliphatic carbocycles. The van der Waals surface area contributed by atoms with Gasteiger partial charge in [0, 0.05) is 0 Å². The van der Waals surface area contributed by atoms with Gasteiger partial charge in [-0.2, -0.15) is 0 Å². The van der Waals surface area contributed by atoms with Crippen molar-refractivity contribution >= 4 is 22.8 Å². The highest BCUT2D eigenvalue weighted by Gasteiger charge is 2.36. The minimum atomic E-state index is -1.01. The van der Waals surface area contributed by atoms with Gasteiger partial charge in [0.2, 0.25) is 0 Å². The number of imidazole rings is 1. The molecule has 0 spiro atoms. The maximum Gasteiger partial charge on any atom is 0.167 e. The Bertz CT molecular complexity index is 560. The van der Waals surface area contributed by atoms with Crippen LogP contribution in [-0.2, 0) is 4.74 Å². The first-order valence-electron chi connectivity index (χ1n) is 4.99. The Kier molecular flexibility index (Phi) is 2.48. The first-order chi connectivity index (χ1) is 8.18. The van der Waals surface area contributed by atoms with Crippen LogP contribution in [0.5, 0.6) is 0 Å². The molecule has 0 unspecified atom stereocenters. The second kappa shape index (κ2) is 3.88. The minimum Gasteiger partial charge on any atom is -0.388 e. The SMILES string of the molecule is O[C@@H]1[C@H](O)CO[C@H]1n1cnc2c(Cl)ncnc21. The highest BCUT2D eigenvalue weighted by molar-refractivity contribution is 6.33. The zero-order chi connectivity index (χ0) is 12.0. The van der Waals surface area contributed by atoms with E-state index in [1.807, 2.05) is 0 Å². The molecule has 0 bridgehead atoms. The Morgan fingerprint density at radius 3 is 2.88 bits per heavy atom. The van der Waals surface area contributed by atoms with Crippen molar-refractivity contribution in [1.82, 2.24) is 19.5 Å². The van der Waals surface area contributed by atoms with Crippen LogP contribution in [0.3, 0.4) is 0 Å². The van der Waals surface area contributed by atoms with Crippen molar-refractivity contribution in [3.63, 3.8) is 0 Å². The summed E-state index contributed by atoms with van der Waals surface area (Å²) in [6.07, 6.45) is 0.134. The fourth-order valence-corrected chi connectivity index (χ4v) is 2.02. The van der Waals surface area contributed by atoms with Crippen LogP contribution in [0.2, 0.25) is 5.15 Å². The number of rotatable bonds is 1. The third-order valence-corrected chi connectivity index (χ3v) is 2.99. The van der Waals surface area contributed by atoms with Gasteiger partial charge in [0.25, 0.3) is 0 Å². The largest absolute Gasteiger partial charge is 0.388 e. The predicted octanol–water partition coefficient (Wildman–Crippen LogP) is -0.270. The van der Waals surface area contributed by atoms with Crippen molar-refractivity contribution < 1.29 is 14.9 Å². The van der Waals surface area contributed by atoms with E-state index in [0.717, 1.165) is 0 Å². The van der Waals surface area contributed by atoms with E-state index in [4.69, 9.17) is 16.3 Å². The molecule has 3 rings (SSSR count). The molecule has 7 nitrogen and oxygen atoms in total. The molecule has 1 aliphatic rings. The van der Waals surface area contributed by atoms with Gasteiger partial charge in [-0.1, -0.05) is 11.6 Å². The van der Waals surface area contributed by atoms with E-state index in [1.165, 1.54) is 17.2 Å². The molecule has 3 atom stereocenters. The van der Waals surface area contributed by atoms with E-state index in [1.54, 1.807) is 0 Å². The molecular weight excluding hydrogens is 248 g/mol. The normalized spacial score (nSPS) is 29.0. The van der Waals surface area contributed by atoms with Crippen molar-refractivity contribution in [3.05, 3.63) is 17.8 Å². The summed E-state index contributed by atoms with van der Waals surface area (Å²) in [4.78, 5) is 11.9. The van der Waals surface area contributed by atoms with Crippen LogP contribution in [0.15, 0.2) is 12.7 Å². The third kappa shape index (κ3) is 1.59. The van der Waals surface area contributed by atoms with Gasteiger partial charge in [-0.15, -0.1) is 0 Å². The van der Waals surface area contributed by atoms with Gasteiger partial charge in [-0.25, -0.2) is 15.0 Å². The molecule has 3 heterocycles. The molecule has 1 aliphatic heterocycles. The number of halogens is 1. The molecule has 0 amide bonds. The lowest BCUT2D eigenvalue weighted by atomic mass is 10.2. The molecule has 2 N–H and O–H groups in total. The summed E-state index contributed by atoms with van der Waals surface area (Å²) in [5.41, 5.74) is 0.898. The van der Waals surface area contributed by atoms with Gasteiger partial charge in [0.1, 0.15) is 24.1 Å². The summed E-state index contributed by atoms with van der Waals surface area (Å²) in [6.45, 7) is 0.0737. The van der Waals surface area contributed by atoms with Crippen LogP contribution in [-0.4, -0.2) is 48.5 Å². The Morgan fingerprint density at radius 2 is 2.18 bits per heavy atom. The smallest absolute Gasteiger partial charge is 0.167 e. The average molecular weight is 257 g/mol. The van der Waals surface area contributed by atoms with E-state index >= 15 is 0 Å². The van der Waals surface area contributed by atoms with Crippen molar-refractivity contribution in [2.45, 2.75) is 18.4 Å². The summed E-state index contributed by atoms with van der Waals surface area (Å²) < 4.78 is 6.82. The van der Waals surface area contributed by atoms with E-state index in [2.05, 4.69) is 15.0 Å². The topological polar surface area (TPSA) is 93.3 Å². The van der Waals surface area contributed by atoms with Gasteiger partial charge in [-0.3, -0.25) is 4.57 Å². The monoisotopic (exact) mass is 256 g/mol. The van der Waals surface area contributed by atoms with Gasteiger partial charge < -0.3 is 14.9 Å². The van der Waals surface area contributed by atoms with E-state index < -0.39 is 18.4 Å². The zero-order valence-electron chi connectivity index (χ0n) is 8.56. The predicted molar refractivity (Wildman–Crippen MR) is 57.3 cm³/mol. The van der Waals surface area contributed by atoms with Gasteiger partial charge in [0.05, 0.1) is 12.9 Å². The molecule has 17 heavy (non-hydrogen) atoms. The zero-order valence-corrected chi connectivity index (χ0v) is 9.32. The molecular formula is C9H9ClN4O3. The average Bonchev–Trinajstić information content (AvgIpc) is 2.86. The molecule has 0 aromatic carbocycles. The molecule has 0 saturated carbocycles. The minimum absolute atomic E-state index is 0.0737. The fraction of sp³-hybridized carbons (Fsp3) is 0.444. The quantitative estimate of drug-likeness (QED) is 0.683. The summed E-state index contributed by atoms with van der Waals surface area (Å²) >= 11 is 5.86. The van der Waals surface area contributed by atoms with Gasteiger partial charge >= 0.3 is 0 Å². The summed E-state index contributed by atoms with van der Waals surface area (Å²) in [5.74, 6) is 0. The fourth-order valence-electron chi connectivity index (χ4n) is 1.84. The number of ether oxygens (including phenoxy) is 1. The van der Waals surface area contributed by atoms with Crippen LogP contribution < -0.4 is 0 Å². The number of aromatic nitrogens is 4. The molecule has 2 aromatic heterocycles. The maximum atomic E-state index is 9.76. The Labute approximate surface area is 101 Å². The summed E-state index contributed by atoms with van der Waals surface area (Å²) in [7, 11) is 0. The maximum absolute atomic E-state index is 9.76. The number of hydrogen-bond acceptors (Lipinski definition) is 6. The van der Waals surface area contributed by atoms with Crippen molar-refractivity contribution in [2.24, 2.45) is 0 Å². The van der Waals surface area contributed by atoms with Crippen LogP contribution in [0.25, 0.3) is 11.2 Å². The Balaban J connectivity index is 2.10. The highest BCUT2D eigenvalue weighted by Crippen LogP contribution is 2.28. The third-order valence-electron chi connectivity index (χ3n) is 2.71. The molecule has 2 aromatic rings. The van der Waals surface area contributed by atoms with E-state index in [0.29, 0.717) is 11.2 Å². The number of aliphatic hydroxyl groups excluding tert-OH is 2. The lowest BCUT2D eigenvalue weighted by molar-refractivity contribution is -0.0162. The second-order valence-corrected chi connectivity index (χ2v) is 4.13. The lowest BCUT2D eigenvalue weighted by Crippen LogP contribution is -2.28. The second-order valence-electron chi connectivity index (χ2n) is 3.77. The molecule has 90 valence electrons. The van der Waals surface area contributed by atoms with Crippen molar-refractivity contribution in [1.29, 1.82) is 0 Å². The number of fused-ring (bicyclic) bond motifs is 1. The van der Waals surface area contributed by atoms with E-state index in [9.17, 15) is 10.2 Å². The van der Waals surface area contributed by atoms with Gasteiger partial charge in [-0.05, 0) is 0 Å². The number of hydrogen-bond donors (Lipinski definition) is 2. The van der Waals surface area contributed by atoms with Crippen LogP contribution in [0.4, 0.5) is 0 Å².